The van der Waals surface area contributed by atoms with E-state index in [0.717, 1.165) is 5.56 Å². The molecule has 23 heavy (non-hydrogen) atoms. The van der Waals surface area contributed by atoms with Crippen molar-refractivity contribution in [3.05, 3.63) is 57.5 Å². The number of rotatable bonds is 6. The highest BCUT2D eigenvalue weighted by Crippen LogP contribution is 2.19. The van der Waals surface area contributed by atoms with Gasteiger partial charge < -0.3 is 10.4 Å². The molecule has 1 aromatic heterocycles. The Hall–Kier alpha value is -2.34. The molecule has 0 unspecified atom stereocenters. The minimum atomic E-state index is -1.01. The summed E-state index contributed by atoms with van der Waals surface area (Å²) in [4.78, 5) is 23.5. The summed E-state index contributed by atoms with van der Waals surface area (Å²) < 4.78 is 1.24. The van der Waals surface area contributed by atoms with Crippen LogP contribution in [0.3, 0.4) is 0 Å². The molecule has 1 heterocycles. The minimum Gasteiger partial charge on any atom is -0.480 e. The Balaban J connectivity index is 2.27. The Morgan fingerprint density at radius 2 is 2.00 bits per heavy atom. The van der Waals surface area contributed by atoms with Crippen molar-refractivity contribution < 1.29 is 9.90 Å². The fourth-order valence-corrected chi connectivity index (χ4v) is 2.32. The van der Waals surface area contributed by atoms with Gasteiger partial charge in [0.1, 0.15) is 11.1 Å². The molecule has 0 aliphatic heterocycles. The van der Waals surface area contributed by atoms with Crippen molar-refractivity contribution in [3.63, 3.8) is 0 Å². The average molecular weight is 336 g/mol. The number of nitrogens with zero attached hydrogens (tertiary/aromatic N) is 2. The molecule has 0 aliphatic carbocycles. The van der Waals surface area contributed by atoms with Crippen LogP contribution in [0, 0.1) is 5.92 Å². The van der Waals surface area contributed by atoms with Crippen LogP contribution in [0.1, 0.15) is 19.4 Å². The monoisotopic (exact) mass is 335 g/mol. The first-order chi connectivity index (χ1) is 10.9. The summed E-state index contributed by atoms with van der Waals surface area (Å²) in [6.45, 7) is 3.83. The van der Waals surface area contributed by atoms with Gasteiger partial charge in [-0.1, -0.05) is 55.8 Å². The molecule has 0 amide bonds. The molecular weight excluding hydrogens is 318 g/mol. The lowest BCUT2D eigenvalue weighted by atomic mass is 10.0. The van der Waals surface area contributed by atoms with Gasteiger partial charge in [-0.15, -0.1) is 0 Å². The Morgan fingerprint density at radius 1 is 1.35 bits per heavy atom. The van der Waals surface area contributed by atoms with Crippen LogP contribution in [0.15, 0.2) is 41.3 Å². The van der Waals surface area contributed by atoms with Crippen molar-refractivity contribution in [1.82, 2.24) is 9.78 Å². The minimum absolute atomic E-state index is 0.0668. The largest absolute Gasteiger partial charge is 0.480 e. The summed E-state index contributed by atoms with van der Waals surface area (Å²) in [6, 6.07) is 8.55. The van der Waals surface area contributed by atoms with Crippen LogP contribution in [-0.4, -0.2) is 26.9 Å². The van der Waals surface area contributed by atoms with E-state index in [9.17, 15) is 14.7 Å². The van der Waals surface area contributed by atoms with Crippen molar-refractivity contribution >= 4 is 23.3 Å². The lowest BCUT2D eigenvalue weighted by molar-refractivity contribution is -0.138. The van der Waals surface area contributed by atoms with Crippen LogP contribution in [0.5, 0.6) is 0 Å². The van der Waals surface area contributed by atoms with Gasteiger partial charge in [0.15, 0.2) is 0 Å². The molecule has 0 bridgehead atoms. The zero-order chi connectivity index (χ0) is 17.0. The number of aliphatic carboxylic acids is 1. The van der Waals surface area contributed by atoms with Crippen molar-refractivity contribution in [2.24, 2.45) is 5.92 Å². The maximum atomic E-state index is 12.3. The summed E-state index contributed by atoms with van der Waals surface area (Å²) in [7, 11) is 0. The number of benzene rings is 1. The standard InChI is InChI=1S/C16H18ClN3O3/c1-10(2)14(16(22)23)19-12-8-18-20(15(21)13(12)17)9-11-6-4-3-5-7-11/h3-8,10,14,19H,9H2,1-2H3,(H,22,23)/t14-/m0/s1. The lowest BCUT2D eigenvalue weighted by Gasteiger charge is -2.19. The molecule has 0 spiro atoms. The Kier molecular flexibility index (Phi) is 5.39. The Bertz CT molecular complexity index is 744. The number of carboxylic acid groups (broad SMARTS) is 1. The van der Waals surface area contributed by atoms with E-state index in [1.165, 1.54) is 10.9 Å². The summed E-state index contributed by atoms with van der Waals surface area (Å²) in [6.07, 6.45) is 1.38. The number of carbonyl (C=O) groups is 1. The molecule has 0 fully saturated rings. The molecule has 2 N–H and O–H groups in total. The maximum Gasteiger partial charge on any atom is 0.326 e. The van der Waals surface area contributed by atoms with Crippen molar-refractivity contribution in [3.8, 4) is 0 Å². The molecule has 1 aromatic carbocycles. The number of anilines is 1. The summed E-state index contributed by atoms with van der Waals surface area (Å²) >= 11 is 6.09. The predicted molar refractivity (Wildman–Crippen MR) is 88.9 cm³/mol. The van der Waals surface area contributed by atoms with E-state index in [2.05, 4.69) is 10.4 Å². The second-order valence-electron chi connectivity index (χ2n) is 5.52. The van der Waals surface area contributed by atoms with Gasteiger partial charge in [0.2, 0.25) is 0 Å². The van der Waals surface area contributed by atoms with Gasteiger partial charge in [0, 0.05) is 0 Å². The van der Waals surface area contributed by atoms with E-state index in [1.54, 1.807) is 13.8 Å². The second kappa shape index (κ2) is 7.28. The van der Waals surface area contributed by atoms with Crippen molar-refractivity contribution in [2.45, 2.75) is 26.4 Å². The van der Waals surface area contributed by atoms with Gasteiger partial charge in [-0.25, -0.2) is 9.48 Å². The van der Waals surface area contributed by atoms with E-state index in [0.29, 0.717) is 6.54 Å². The molecule has 0 saturated carbocycles. The number of aromatic nitrogens is 2. The van der Waals surface area contributed by atoms with Gasteiger partial charge in [-0.05, 0) is 11.5 Å². The van der Waals surface area contributed by atoms with Gasteiger partial charge in [0.05, 0.1) is 18.4 Å². The lowest BCUT2D eigenvalue weighted by Crippen LogP contribution is -2.35. The smallest absolute Gasteiger partial charge is 0.326 e. The van der Waals surface area contributed by atoms with Crippen LogP contribution in [0.25, 0.3) is 0 Å². The van der Waals surface area contributed by atoms with Gasteiger partial charge in [-0.3, -0.25) is 4.79 Å². The molecule has 0 aliphatic rings. The molecule has 0 radical (unpaired) electrons. The molecule has 6 nitrogen and oxygen atoms in total. The average Bonchev–Trinajstić information content (AvgIpc) is 2.51. The molecule has 2 rings (SSSR count). The first kappa shape index (κ1) is 17.0. The third-order valence-corrected chi connectivity index (χ3v) is 3.77. The van der Waals surface area contributed by atoms with E-state index in [1.807, 2.05) is 30.3 Å². The molecule has 2 aromatic rings. The number of nitrogens with one attached hydrogen (secondary N) is 1. The molecule has 7 heteroatoms. The second-order valence-corrected chi connectivity index (χ2v) is 5.90. The van der Waals surface area contributed by atoms with E-state index in [-0.39, 0.29) is 16.6 Å². The highest BCUT2D eigenvalue weighted by molar-refractivity contribution is 6.33. The van der Waals surface area contributed by atoms with E-state index < -0.39 is 17.6 Å². The van der Waals surface area contributed by atoms with Crippen LogP contribution in [-0.2, 0) is 11.3 Å². The van der Waals surface area contributed by atoms with Gasteiger partial charge in [-0.2, -0.15) is 5.10 Å². The number of hydrogen-bond donors (Lipinski definition) is 2. The first-order valence-corrected chi connectivity index (χ1v) is 7.57. The number of hydrogen-bond acceptors (Lipinski definition) is 4. The van der Waals surface area contributed by atoms with Crippen molar-refractivity contribution in [2.75, 3.05) is 5.32 Å². The van der Waals surface area contributed by atoms with Crippen LogP contribution in [0.2, 0.25) is 5.02 Å². The molecule has 1 atom stereocenters. The highest BCUT2D eigenvalue weighted by atomic mass is 35.5. The van der Waals surface area contributed by atoms with E-state index >= 15 is 0 Å². The quantitative estimate of drug-likeness (QED) is 0.847. The Morgan fingerprint density at radius 3 is 2.57 bits per heavy atom. The van der Waals surface area contributed by atoms with E-state index in [4.69, 9.17) is 11.6 Å². The van der Waals surface area contributed by atoms with Crippen LogP contribution in [0.4, 0.5) is 5.69 Å². The summed E-state index contributed by atoms with van der Waals surface area (Å²) in [5.41, 5.74) is 0.681. The SMILES string of the molecule is CC(C)[C@H](Nc1cnn(Cc2ccccc2)c(=O)c1Cl)C(=O)O. The Labute approximate surface area is 138 Å². The highest BCUT2D eigenvalue weighted by Gasteiger charge is 2.23. The van der Waals surface area contributed by atoms with Gasteiger partial charge in [0.25, 0.3) is 5.56 Å². The molecular formula is C16H18ClN3O3. The van der Waals surface area contributed by atoms with Crippen LogP contribution >= 0.6 is 11.6 Å². The normalized spacial score (nSPS) is 12.2. The zero-order valence-electron chi connectivity index (χ0n) is 12.9. The predicted octanol–water partition coefficient (Wildman–Crippen LogP) is 2.47. The topological polar surface area (TPSA) is 84.2 Å². The zero-order valence-corrected chi connectivity index (χ0v) is 13.6. The fraction of sp³-hybridized carbons (Fsp3) is 0.312. The van der Waals surface area contributed by atoms with Crippen LogP contribution < -0.4 is 10.9 Å². The number of carboxylic acids is 1. The molecule has 122 valence electrons. The number of halogens is 1. The van der Waals surface area contributed by atoms with Crippen molar-refractivity contribution in [1.29, 1.82) is 0 Å². The third-order valence-electron chi connectivity index (χ3n) is 3.40. The first-order valence-electron chi connectivity index (χ1n) is 7.19. The summed E-state index contributed by atoms with van der Waals surface area (Å²) in [5.74, 6) is -1.18. The fourth-order valence-electron chi connectivity index (χ4n) is 2.12. The third kappa shape index (κ3) is 4.10. The summed E-state index contributed by atoms with van der Waals surface area (Å²) in [5, 5.41) is 16.0. The maximum absolute atomic E-state index is 12.3. The van der Waals surface area contributed by atoms with Gasteiger partial charge >= 0.3 is 5.97 Å². The molecule has 0 saturated heterocycles.